The Hall–Kier alpha value is -1.79. The number of rotatable bonds is 6. The first kappa shape index (κ1) is 14.3. The fraction of sp³-hybridized carbons (Fsp3) is 0.417. The van der Waals surface area contributed by atoms with Gasteiger partial charge in [0.25, 0.3) is 5.69 Å². The topological polar surface area (TPSA) is 92.5 Å². The summed E-state index contributed by atoms with van der Waals surface area (Å²) >= 11 is 0. The third-order valence-corrected chi connectivity index (χ3v) is 2.57. The van der Waals surface area contributed by atoms with Crippen molar-refractivity contribution >= 4 is 11.5 Å². The number of non-ortho nitro benzene ring substituents is 1. The van der Waals surface area contributed by atoms with Crippen LogP contribution in [0.25, 0.3) is 0 Å². The maximum absolute atomic E-state index is 10.8. The number of benzene rings is 1. The van der Waals surface area contributed by atoms with Gasteiger partial charge in [-0.3, -0.25) is 20.2 Å². The largest absolute Gasteiger partial charge is 0.372 e. The number of aliphatic hydroxyl groups is 1. The quantitative estimate of drug-likeness (QED) is 0.452. The van der Waals surface area contributed by atoms with Crippen LogP contribution < -0.4 is 5.32 Å². The highest BCUT2D eigenvalue weighted by molar-refractivity contribution is 5.75. The Morgan fingerprint density at radius 1 is 1.56 bits per heavy atom. The number of hydrogen-bond donors (Lipinski definition) is 2. The van der Waals surface area contributed by atoms with Gasteiger partial charge in [-0.25, -0.2) is 0 Å². The van der Waals surface area contributed by atoms with Gasteiger partial charge in [0.1, 0.15) is 11.5 Å². The van der Waals surface area contributed by atoms with Gasteiger partial charge in [0.05, 0.1) is 4.92 Å². The second-order valence-electron chi connectivity index (χ2n) is 4.26. The Labute approximate surface area is 105 Å². The molecule has 0 amide bonds. The number of Topliss-reactive ketones (excluding diaryl/α,β-unsaturated/α-hetero) is 1. The van der Waals surface area contributed by atoms with Crippen LogP contribution >= 0.6 is 0 Å². The van der Waals surface area contributed by atoms with E-state index in [1.807, 2.05) is 0 Å². The zero-order chi connectivity index (χ0) is 13.8. The molecule has 0 aromatic heterocycles. The van der Waals surface area contributed by atoms with Crippen molar-refractivity contribution in [2.24, 2.45) is 0 Å². The molecule has 1 atom stereocenters. The Balaban J connectivity index is 2.80. The highest BCUT2D eigenvalue weighted by Gasteiger charge is 2.23. The van der Waals surface area contributed by atoms with E-state index in [-0.39, 0.29) is 11.5 Å². The van der Waals surface area contributed by atoms with Crippen molar-refractivity contribution in [3.8, 4) is 0 Å². The normalized spacial score (nSPS) is 13.9. The number of carbonyl (C=O) groups excluding carboxylic acids is 1. The van der Waals surface area contributed by atoms with Crippen molar-refractivity contribution in [2.75, 3.05) is 6.54 Å². The molecule has 6 heteroatoms. The summed E-state index contributed by atoms with van der Waals surface area (Å²) in [6, 6.07) is 5.76. The van der Waals surface area contributed by atoms with Crippen molar-refractivity contribution in [2.45, 2.75) is 26.0 Å². The Morgan fingerprint density at radius 3 is 2.78 bits per heavy atom. The molecule has 0 fully saturated rings. The number of carbonyl (C=O) groups is 1. The van der Waals surface area contributed by atoms with Crippen LogP contribution in [0.1, 0.15) is 25.8 Å². The van der Waals surface area contributed by atoms with Crippen LogP contribution in [0.15, 0.2) is 24.3 Å². The summed E-state index contributed by atoms with van der Waals surface area (Å²) in [4.78, 5) is 20.9. The minimum absolute atomic E-state index is 0.0114. The first-order valence-electron chi connectivity index (χ1n) is 5.54. The average Bonchev–Trinajstić information content (AvgIpc) is 2.28. The van der Waals surface area contributed by atoms with Crippen LogP contribution in [0.5, 0.6) is 0 Å². The van der Waals surface area contributed by atoms with E-state index >= 15 is 0 Å². The Kier molecular flexibility index (Phi) is 4.52. The molecule has 0 radical (unpaired) electrons. The van der Waals surface area contributed by atoms with Gasteiger partial charge < -0.3 is 5.11 Å². The number of ketones is 1. The predicted molar refractivity (Wildman–Crippen MR) is 66.0 cm³/mol. The SMILES string of the molecule is CC(=O)CCNC(C)(O)c1cccc([N+](=O)[O-])c1. The molecule has 0 bridgehead atoms. The molecule has 0 heterocycles. The number of nitrogens with zero attached hydrogens (tertiary/aromatic N) is 1. The summed E-state index contributed by atoms with van der Waals surface area (Å²) < 4.78 is 0. The highest BCUT2D eigenvalue weighted by Crippen LogP contribution is 2.22. The molecule has 6 nitrogen and oxygen atoms in total. The van der Waals surface area contributed by atoms with E-state index < -0.39 is 10.6 Å². The lowest BCUT2D eigenvalue weighted by Gasteiger charge is -2.25. The van der Waals surface area contributed by atoms with Gasteiger partial charge in [-0.15, -0.1) is 0 Å². The minimum Gasteiger partial charge on any atom is -0.372 e. The van der Waals surface area contributed by atoms with Crippen LogP contribution in [0, 0.1) is 10.1 Å². The number of nitrogens with one attached hydrogen (secondary N) is 1. The zero-order valence-electron chi connectivity index (χ0n) is 10.3. The van der Waals surface area contributed by atoms with Gasteiger partial charge in [-0.05, 0) is 13.8 Å². The third-order valence-electron chi connectivity index (χ3n) is 2.57. The highest BCUT2D eigenvalue weighted by atomic mass is 16.6. The monoisotopic (exact) mass is 252 g/mol. The first-order chi connectivity index (χ1) is 8.33. The lowest BCUT2D eigenvalue weighted by atomic mass is 10.0. The van der Waals surface area contributed by atoms with Gasteiger partial charge in [0.2, 0.25) is 0 Å². The second kappa shape index (κ2) is 5.70. The first-order valence-corrected chi connectivity index (χ1v) is 5.54. The number of hydrogen-bond acceptors (Lipinski definition) is 5. The van der Waals surface area contributed by atoms with Gasteiger partial charge in [0, 0.05) is 30.7 Å². The molecule has 1 aromatic carbocycles. The molecule has 18 heavy (non-hydrogen) atoms. The molecule has 98 valence electrons. The van der Waals surface area contributed by atoms with Gasteiger partial charge in [-0.1, -0.05) is 12.1 Å². The average molecular weight is 252 g/mol. The number of nitro groups is 1. The molecule has 0 saturated heterocycles. The second-order valence-corrected chi connectivity index (χ2v) is 4.26. The molecular formula is C12H16N2O4. The van der Waals surface area contributed by atoms with Crippen LogP contribution in [0.4, 0.5) is 5.69 Å². The molecule has 0 spiro atoms. The van der Waals surface area contributed by atoms with Crippen molar-refractivity contribution in [3.05, 3.63) is 39.9 Å². The van der Waals surface area contributed by atoms with Crippen LogP contribution in [-0.4, -0.2) is 22.4 Å². The fourth-order valence-electron chi connectivity index (χ4n) is 1.51. The molecule has 1 rings (SSSR count). The molecule has 0 aliphatic rings. The lowest BCUT2D eigenvalue weighted by molar-refractivity contribution is -0.385. The fourth-order valence-corrected chi connectivity index (χ4v) is 1.51. The summed E-state index contributed by atoms with van der Waals surface area (Å²) in [7, 11) is 0. The van der Waals surface area contributed by atoms with E-state index in [4.69, 9.17) is 0 Å². The number of nitro benzene ring substituents is 1. The molecule has 2 N–H and O–H groups in total. The standard InChI is InChI=1S/C12H16N2O4/c1-9(15)6-7-13-12(2,16)10-4-3-5-11(8-10)14(17)18/h3-5,8,13,16H,6-7H2,1-2H3. The van der Waals surface area contributed by atoms with Gasteiger partial charge >= 0.3 is 0 Å². The predicted octanol–water partition coefficient (Wildman–Crippen LogP) is 1.33. The van der Waals surface area contributed by atoms with Gasteiger partial charge in [0.15, 0.2) is 0 Å². The maximum Gasteiger partial charge on any atom is 0.269 e. The molecular weight excluding hydrogens is 236 g/mol. The van der Waals surface area contributed by atoms with E-state index in [1.54, 1.807) is 6.07 Å². The summed E-state index contributed by atoms with van der Waals surface area (Å²) in [6.07, 6.45) is 0.297. The van der Waals surface area contributed by atoms with E-state index in [2.05, 4.69) is 5.32 Å². The Morgan fingerprint density at radius 2 is 2.22 bits per heavy atom. The van der Waals surface area contributed by atoms with E-state index in [9.17, 15) is 20.0 Å². The van der Waals surface area contributed by atoms with E-state index in [0.717, 1.165) is 0 Å². The summed E-state index contributed by atoms with van der Waals surface area (Å²) in [5.41, 5.74) is -1.09. The molecule has 0 aliphatic heterocycles. The van der Waals surface area contributed by atoms with Crippen molar-refractivity contribution in [1.29, 1.82) is 0 Å². The van der Waals surface area contributed by atoms with Gasteiger partial charge in [-0.2, -0.15) is 0 Å². The zero-order valence-corrected chi connectivity index (χ0v) is 10.3. The third kappa shape index (κ3) is 3.90. The Bertz CT molecular complexity index is 457. The maximum atomic E-state index is 10.8. The van der Waals surface area contributed by atoms with Crippen LogP contribution in [0.3, 0.4) is 0 Å². The summed E-state index contributed by atoms with van der Waals surface area (Å²) in [5.74, 6) is 0.0114. The van der Waals surface area contributed by atoms with Crippen LogP contribution in [-0.2, 0) is 10.5 Å². The van der Waals surface area contributed by atoms with Crippen LogP contribution in [0.2, 0.25) is 0 Å². The molecule has 0 aliphatic carbocycles. The minimum atomic E-state index is -1.40. The smallest absolute Gasteiger partial charge is 0.269 e. The van der Waals surface area contributed by atoms with E-state index in [0.29, 0.717) is 18.5 Å². The molecule has 1 aromatic rings. The van der Waals surface area contributed by atoms with Crippen molar-refractivity contribution < 1.29 is 14.8 Å². The molecule has 1 unspecified atom stereocenters. The summed E-state index contributed by atoms with van der Waals surface area (Å²) in [6.45, 7) is 3.26. The summed E-state index contributed by atoms with van der Waals surface area (Å²) in [5, 5.41) is 23.6. The molecule has 0 saturated carbocycles. The lowest BCUT2D eigenvalue weighted by Crippen LogP contribution is -2.40. The van der Waals surface area contributed by atoms with E-state index in [1.165, 1.54) is 32.0 Å². The van der Waals surface area contributed by atoms with Crippen molar-refractivity contribution in [3.63, 3.8) is 0 Å². The van der Waals surface area contributed by atoms with Crippen molar-refractivity contribution in [1.82, 2.24) is 5.32 Å².